The second-order valence-electron chi connectivity index (χ2n) is 9.34. The fourth-order valence-corrected chi connectivity index (χ4v) is 5.52. The van der Waals surface area contributed by atoms with E-state index in [-0.39, 0.29) is 23.1 Å². The van der Waals surface area contributed by atoms with Crippen LogP contribution in [0, 0.1) is 10.1 Å². The summed E-state index contributed by atoms with van der Waals surface area (Å²) >= 11 is 0. The van der Waals surface area contributed by atoms with E-state index >= 15 is 0 Å². The number of halogens is 3. The van der Waals surface area contributed by atoms with E-state index in [1.165, 1.54) is 6.07 Å². The Morgan fingerprint density at radius 2 is 1.51 bits per heavy atom. The van der Waals surface area contributed by atoms with E-state index in [0.29, 0.717) is 61.3 Å². The van der Waals surface area contributed by atoms with E-state index in [9.17, 15) is 32.9 Å². The molecule has 1 aliphatic heterocycles. The Labute approximate surface area is 210 Å². The predicted octanol–water partition coefficient (Wildman–Crippen LogP) is 6.45. The normalized spacial score (nSPS) is 18.6. The molecule has 2 aliphatic carbocycles. The van der Waals surface area contributed by atoms with Crippen LogP contribution in [0.25, 0.3) is 0 Å². The number of benzene rings is 2. The Balaban J connectivity index is 1.66. The first kappa shape index (κ1) is 24.7. The molecule has 2 aromatic carbocycles. The van der Waals surface area contributed by atoms with E-state index in [1.54, 1.807) is 18.2 Å². The average molecular weight is 512 g/mol. The number of nitro benzene ring substituents is 1. The highest BCUT2D eigenvalue weighted by Gasteiger charge is 2.43. The van der Waals surface area contributed by atoms with E-state index < -0.39 is 28.3 Å². The molecule has 37 heavy (non-hydrogen) atoms. The summed E-state index contributed by atoms with van der Waals surface area (Å²) in [7, 11) is 1.87. The number of hydrogen-bond acceptors (Lipinski definition) is 6. The number of nitro groups is 1. The fraction of sp³-hybridized carbons (Fsp3) is 0.333. The molecule has 2 aromatic rings. The van der Waals surface area contributed by atoms with Gasteiger partial charge in [0.05, 0.1) is 10.5 Å². The van der Waals surface area contributed by atoms with Gasteiger partial charge in [-0.2, -0.15) is 13.2 Å². The zero-order chi connectivity index (χ0) is 26.5. The van der Waals surface area contributed by atoms with Crippen LogP contribution in [0.5, 0.6) is 11.5 Å². The molecule has 0 fully saturated rings. The van der Waals surface area contributed by atoms with Gasteiger partial charge in [-0.3, -0.25) is 19.7 Å². The number of nitrogens with zero attached hydrogens (tertiary/aromatic N) is 2. The predicted molar refractivity (Wildman–Crippen MR) is 127 cm³/mol. The van der Waals surface area contributed by atoms with Crippen LogP contribution in [0.4, 0.5) is 18.9 Å². The molecule has 1 heterocycles. The molecule has 7 nitrogen and oxygen atoms in total. The first-order valence-electron chi connectivity index (χ1n) is 12.0. The van der Waals surface area contributed by atoms with E-state index in [0.717, 1.165) is 23.5 Å². The lowest BCUT2D eigenvalue weighted by molar-refractivity contribution is -0.385. The molecule has 0 bridgehead atoms. The van der Waals surface area contributed by atoms with Crippen molar-refractivity contribution in [2.75, 3.05) is 7.05 Å². The van der Waals surface area contributed by atoms with Gasteiger partial charge in [0.1, 0.15) is 5.75 Å². The van der Waals surface area contributed by atoms with Crippen molar-refractivity contribution in [3.63, 3.8) is 0 Å². The lowest BCUT2D eigenvalue weighted by Gasteiger charge is -2.42. The summed E-state index contributed by atoms with van der Waals surface area (Å²) in [4.78, 5) is 39.1. The number of rotatable bonds is 4. The average Bonchev–Trinajstić information content (AvgIpc) is 2.85. The monoisotopic (exact) mass is 512 g/mol. The third kappa shape index (κ3) is 4.30. The van der Waals surface area contributed by atoms with Crippen LogP contribution in [0.3, 0.4) is 0 Å². The van der Waals surface area contributed by atoms with Crippen LogP contribution in [0.1, 0.15) is 55.6 Å². The number of Topliss-reactive ketones (excluding diaryl/α,β-unsaturated/α-hetero) is 2. The van der Waals surface area contributed by atoms with Crippen LogP contribution in [-0.2, 0) is 15.8 Å². The number of para-hydroxylation sites is 1. The Bertz CT molecular complexity index is 1350. The first-order chi connectivity index (χ1) is 17.6. The van der Waals surface area contributed by atoms with Gasteiger partial charge in [-0.15, -0.1) is 0 Å². The largest absolute Gasteiger partial charge is 0.450 e. The molecule has 0 saturated heterocycles. The van der Waals surface area contributed by atoms with Gasteiger partial charge in [0.2, 0.25) is 5.75 Å². The molecule has 0 N–H and O–H groups in total. The summed E-state index contributed by atoms with van der Waals surface area (Å²) in [6, 6.07) is 8.64. The van der Waals surface area contributed by atoms with Gasteiger partial charge in [0.25, 0.3) is 0 Å². The maximum atomic E-state index is 13.2. The number of ether oxygens (including phenoxy) is 1. The molecule has 5 rings (SSSR count). The molecule has 0 amide bonds. The zero-order valence-corrected chi connectivity index (χ0v) is 19.9. The van der Waals surface area contributed by atoms with Crippen molar-refractivity contribution in [2.45, 2.75) is 50.6 Å². The molecule has 192 valence electrons. The van der Waals surface area contributed by atoms with Gasteiger partial charge >= 0.3 is 11.9 Å². The first-order valence-corrected chi connectivity index (χ1v) is 12.0. The number of ketones is 2. The molecule has 3 aliphatic rings. The molecule has 0 atom stereocenters. The van der Waals surface area contributed by atoms with E-state index in [4.69, 9.17) is 4.74 Å². The SMILES string of the molecule is CN1C2=C(C(=O)CCC2)C(c2ccccc2Oc2ccc(C(F)(F)F)cc2[N+](=O)[O-])C2=C1CCCC2=O. The quantitative estimate of drug-likeness (QED) is 0.346. The molecule has 0 spiro atoms. The van der Waals surface area contributed by atoms with Crippen LogP contribution in [0.2, 0.25) is 0 Å². The number of carbonyl (C=O) groups excluding carboxylic acids is 2. The molecule has 0 saturated carbocycles. The van der Waals surface area contributed by atoms with Crippen LogP contribution in [-0.4, -0.2) is 28.4 Å². The molecular formula is C27H23F3N2O5. The second-order valence-corrected chi connectivity index (χ2v) is 9.34. The van der Waals surface area contributed by atoms with Crippen molar-refractivity contribution in [1.29, 1.82) is 0 Å². The smallest absolute Gasteiger partial charge is 0.416 e. The third-order valence-corrected chi connectivity index (χ3v) is 7.18. The van der Waals surface area contributed by atoms with Crippen LogP contribution >= 0.6 is 0 Å². The van der Waals surface area contributed by atoms with E-state index in [1.807, 2.05) is 11.9 Å². The molecule has 0 unspecified atom stereocenters. The van der Waals surface area contributed by atoms with Crippen molar-refractivity contribution in [3.8, 4) is 11.5 Å². The van der Waals surface area contributed by atoms with Crippen molar-refractivity contribution in [3.05, 3.63) is 86.2 Å². The highest BCUT2D eigenvalue weighted by atomic mass is 19.4. The van der Waals surface area contributed by atoms with Crippen molar-refractivity contribution >= 4 is 17.3 Å². The molecule has 10 heteroatoms. The van der Waals surface area contributed by atoms with Crippen molar-refractivity contribution in [1.82, 2.24) is 4.90 Å². The number of carbonyl (C=O) groups is 2. The number of alkyl halides is 3. The maximum Gasteiger partial charge on any atom is 0.416 e. The zero-order valence-electron chi connectivity index (χ0n) is 19.9. The lowest BCUT2D eigenvalue weighted by Crippen LogP contribution is -2.37. The summed E-state index contributed by atoms with van der Waals surface area (Å²) in [5.41, 5.74) is 1.20. The van der Waals surface area contributed by atoms with Gasteiger partial charge in [-0.25, -0.2) is 0 Å². The minimum absolute atomic E-state index is 0.0710. The Kier molecular flexibility index (Phi) is 6.13. The third-order valence-electron chi connectivity index (χ3n) is 7.18. The topological polar surface area (TPSA) is 89.8 Å². The molecule has 0 radical (unpaired) electrons. The number of hydrogen-bond donors (Lipinski definition) is 0. The van der Waals surface area contributed by atoms with Crippen molar-refractivity contribution in [2.24, 2.45) is 0 Å². The summed E-state index contributed by atoms with van der Waals surface area (Å²) in [6.45, 7) is 0. The van der Waals surface area contributed by atoms with Gasteiger partial charge < -0.3 is 9.64 Å². The summed E-state index contributed by atoms with van der Waals surface area (Å²) in [5.74, 6) is -1.09. The Hall–Kier alpha value is -3.95. The maximum absolute atomic E-state index is 13.2. The van der Waals surface area contributed by atoms with Gasteiger partial charge in [-0.05, 0) is 43.9 Å². The lowest BCUT2D eigenvalue weighted by atomic mass is 9.71. The highest BCUT2D eigenvalue weighted by Crippen LogP contribution is 2.51. The van der Waals surface area contributed by atoms with Crippen LogP contribution in [0.15, 0.2) is 65.0 Å². The summed E-state index contributed by atoms with van der Waals surface area (Å²) < 4.78 is 45.4. The summed E-state index contributed by atoms with van der Waals surface area (Å²) in [6.07, 6.45) is -1.34. The molecule has 0 aromatic heterocycles. The molecular weight excluding hydrogens is 489 g/mol. The minimum atomic E-state index is -4.76. The standard InChI is InChI=1S/C27H23F3N2O5/c1-31-17-7-4-9-20(33)25(17)24(26-18(31)8-5-10-21(26)34)16-6-2-3-11-22(16)37-23-13-12-15(27(28,29)30)14-19(23)32(35)36/h2-3,6,11-14,24H,4-5,7-10H2,1H3. The second kappa shape index (κ2) is 9.17. The van der Waals surface area contributed by atoms with Gasteiger partial charge in [0, 0.05) is 60.0 Å². The minimum Gasteiger partial charge on any atom is -0.450 e. The van der Waals surface area contributed by atoms with E-state index in [2.05, 4.69) is 0 Å². The Morgan fingerprint density at radius 1 is 0.919 bits per heavy atom. The van der Waals surface area contributed by atoms with Gasteiger partial charge in [0.15, 0.2) is 11.6 Å². The highest BCUT2D eigenvalue weighted by molar-refractivity contribution is 6.06. The Morgan fingerprint density at radius 3 is 2.08 bits per heavy atom. The number of allylic oxidation sites excluding steroid dienone is 4. The fourth-order valence-electron chi connectivity index (χ4n) is 5.52. The van der Waals surface area contributed by atoms with Crippen LogP contribution < -0.4 is 4.74 Å². The van der Waals surface area contributed by atoms with Crippen molar-refractivity contribution < 1.29 is 32.4 Å². The summed E-state index contributed by atoms with van der Waals surface area (Å²) in [5, 5.41) is 11.6. The van der Waals surface area contributed by atoms with Gasteiger partial charge in [-0.1, -0.05) is 18.2 Å².